The average molecular weight is 334 g/mol. The minimum atomic E-state index is 0.435. The third-order valence-corrected chi connectivity index (χ3v) is 4.49. The molecule has 25 heavy (non-hydrogen) atoms. The maximum Gasteiger partial charge on any atom is 0.153 e. The lowest BCUT2D eigenvalue weighted by molar-refractivity contribution is 0.112. The first-order valence-corrected chi connectivity index (χ1v) is 8.52. The van der Waals surface area contributed by atoms with Crippen molar-refractivity contribution in [1.82, 2.24) is 10.2 Å². The van der Waals surface area contributed by atoms with Crippen molar-refractivity contribution in [3.63, 3.8) is 0 Å². The summed E-state index contributed by atoms with van der Waals surface area (Å²) in [6.07, 6.45) is 3.40. The zero-order valence-corrected chi connectivity index (χ0v) is 14.5. The number of benzene rings is 2. The van der Waals surface area contributed by atoms with Crippen LogP contribution in [0.2, 0.25) is 0 Å². The summed E-state index contributed by atoms with van der Waals surface area (Å²) in [6.45, 7) is 4.83. The number of aromatic amines is 1. The van der Waals surface area contributed by atoms with Crippen molar-refractivity contribution in [3.05, 3.63) is 71.4 Å². The summed E-state index contributed by atoms with van der Waals surface area (Å²) in [7, 11) is 0. The lowest BCUT2D eigenvalue weighted by atomic mass is 9.95. The fourth-order valence-electron chi connectivity index (χ4n) is 2.75. The molecule has 0 amide bonds. The van der Waals surface area contributed by atoms with Crippen LogP contribution in [0.1, 0.15) is 47.7 Å². The number of hydrogen-bond acceptors (Lipinski definition) is 3. The van der Waals surface area contributed by atoms with Crippen molar-refractivity contribution in [3.8, 4) is 17.0 Å². The maximum atomic E-state index is 11.3. The van der Waals surface area contributed by atoms with Crippen LogP contribution in [0.4, 0.5) is 0 Å². The lowest BCUT2D eigenvalue weighted by Crippen LogP contribution is -2.00. The topological polar surface area (TPSA) is 55.0 Å². The molecule has 0 spiro atoms. The minimum Gasteiger partial charge on any atom is -0.488 e. The second-order valence-electron chi connectivity index (χ2n) is 6.16. The fraction of sp³-hybridized carbons (Fsp3) is 0.238. The van der Waals surface area contributed by atoms with Gasteiger partial charge in [0.05, 0.1) is 17.5 Å². The molecule has 1 heterocycles. The van der Waals surface area contributed by atoms with E-state index in [2.05, 4.69) is 36.2 Å². The molecule has 0 radical (unpaired) electrons. The van der Waals surface area contributed by atoms with Gasteiger partial charge in [0.25, 0.3) is 0 Å². The first-order chi connectivity index (χ1) is 12.2. The van der Waals surface area contributed by atoms with Crippen molar-refractivity contribution in [1.29, 1.82) is 0 Å². The molecule has 0 fully saturated rings. The predicted octanol–water partition coefficient (Wildman–Crippen LogP) is 4.98. The van der Waals surface area contributed by atoms with Gasteiger partial charge in [0.2, 0.25) is 0 Å². The minimum absolute atomic E-state index is 0.435. The van der Waals surface area contributed by atoms with Gasteiger partial charge in [-0.2, -0.15) is 5.10 Å². The predicted molar refractivity (Wildman–Crippen MR) is 98.9 cm³/mol. The molecule has 3 rings (SSSR count). The van der Waals surface area contributed by atoms with Crippen LogP contribution in [0, 0.1) is 0 Å². The van der Waals surface area contributed by atoms with Crippen molar-refractivity contribution in [2.24, 2.45) is 0 Å². The van der Waals surface area contributed by atoms with E-state index < -0.39 is 0 Å². The molecular formula is C21H22N2O2. The third-order valence-electron chi connectivity index (χ3n) is 4.49. The van der Waals surface area contributed by atoms with Gasteiger partial charge in [0.1, 0.15) is 12.4 Å². The molecule has 4 heteroatoms. The first kappa shape index (κ1) is 17.0. The Hall–Kier alpha value is -2.88. The molecule has 0 saturated carbocycles. The summed E-state index contributed by atoms with van der Waals surface area (Å²) in [5, 5.41) is 6.95. The highest BCUT2D eigenvalue weighted by molar-refractivity contribution is 5.87. The van der Waals surface area contributed by atoms with E-state index in [-0.39, 0.29) is 0 Å². The second-order valence-corrected chi connectivity index (χ2v) is 6.16. The number of hydrogen-bond donors (Lipinski definition) is 1. The number of rotatable bonds is 7. The number of aldehydes is 1. The van der Waals surface area contributed by atoms with E-state index >= 15 is 0 Å². The van der Waals surface area contributed by atoms with Gasteiger partial charge < -0.3 is 4.74 Å². The highest BCUT2D eigenvalue weighted by Crippen LogP contribution is 2.34. The number of carbonyl (C=O) groups excluding carboxylic acids is 1. The van der Waals surface area contributed by atoms with E-state index in [1.807, 2.05) is 36.4 Å². The Morgan fingerprint density at radius 1 is 1.20 bits per heavy atom. The van der Waals surface area contributed by atoms with E-state index in [9.17, 15) is 4.79 Å². The van der Waals surface area contributed by atoms with E-state index in [4.69, 9.17) is 4.74 Å². The second kappa shape index (κ2) is 7.79. The van der Waals surface area contributed by atoms with E-state index in [1.165, 1.54) is 5.56 Å². The number of nitrogens with one attached hydrogen (secondary N) is 1. The summed E-state index contributed by atoms with van der Waals surface area (Å²) >= 11 is 0. The summed E-state index contributed by atoms with van der Waals surface area (Å²) in [6, 6.07) is 16.2. The molecule has 1 aromatic heterocycles. The van der Waals surface area contributed by atoms with Crippen LogP contribution in [-0.2, 0) is 6.61 Å². The number of H-pyrrole nitrogens is 1. The first-order valence-electron chi connectivity index (χ1n) is 8.52. The number of aromatic nitrogens is 2. The summed E-state index contributed by atoms with van der Waals surface area (Å²) in [4.78, 5) is 11.3. The summed E-state index contributed by atoms with van der Waals surface area (Å²) < 4.78 is 6.05. The third kappa shape index (κ3) is 3.79. The van der Waals surface area contributed by atoms with Gasteiger partial charge in [-0.3, -0.25) is 9.89 Å². The molecule has 1 N–H and O–H groups in total. The SMILES string of the molecule is CCC(C)c1ccc(OCc2ccccc2)c(-c2[nH]ncc2C=O)c1. The Bertz CT molecular complexity index is 840. The molecule has 1 unspecified atom stereocenters. The van der Waals surface area contributed by atoms with Crippen LogP contribution in [0.25, 0.3) is 11.3 Å². The Labute approximate surface area is 147 Å². The lowest BCUT2D eigenvalue weighted by Gasteiger charge is -2.15. The highest BCUT2D eigenvalue weighted by atomic mass is 16.5. The van der Waals surface area contributed by atoms with E-state index in [0.717, 1.165) is 29.6 Å². The fourth-order valence-corrected chi connectivity index (χ4v) is 2.75. The molecule has 2 aromatic carbocycles. The Balaban J connectivity index is 1.97. The van der Waals surface area contributed by atoms with Crippen LogP contribution in [0.3, 0.4) is 0 Å². The van der Waals surface area contributed by atoms with Crippen LogP contribution in [-0.4, -0.2) is 16.5 Å². The highest BCUT2D eigenvalue weighted by Gasteiger charge is 2.15. The normalized spacial score (nSPS) is 11.9. The van der Waals surface area contributed by atoms with Crippen LogP contribution in [0.5, 0.6) is 5.75 Å². The van der Waals surface area contributed by atoms with Crippen molar-refractivity contribution in [2.45, 2.75) is 32.8 Å². The molecule has 4 nitrogen and oxygen atoms in total. The molecule has 0 aliphatic rings. The Morgan fingerprint density at radius 3 is 2.72 bits per heavy atom. The quantitative estimate of drug-likeness (QED) is 0.620. The molecule has 0 saturated heterocycles. The summed E-state index contributed by atoms with van der Waals surface area (Å²) in [5.41, 5.74) is 4.41. The molecule has 0 bridgehead atoms. The van der Waals surface area contributed by atoms with Gasteiger partial charge in [0, 0.05) is 5.56 Å². The number of nitrogens with zero attached hydrogens (tertiary/aromatic N) is 1. The summed E-state index contributed by atoms with van der Waals surface area (Å²) in [5.74, 6) is 1.17. The average Bonchev–Trinajstić information content (AvgIpc) is 3.15. The Morgan fingerprint density at radius 2 is 2.00 bits per heavy atom. The largest absolute Gasteiger partial charge is 0.488 e. The van der Waals surface area contributed by atoms with Crippen molar-refractivity contribution >= 4 is 6.29 Å². The van der Waals surface area contributed by atoms with Crippen LogP contribution in [0.15, 0.2) is 54.7 Å². The Kier molecular flexibility index (Phi) is 5.29. The molecule has 0 aliphatic carbocycles. The standard InChI is InChI=1S/C21H22N2O2/c1-3-15(2)17-9-10-20(25-14-16-7-5-4-6-8-16)19(11-17)21-18(13-24)12-22-23-21/h4-13,15H,3,14H2,1-2H3,(H,22,23). The van der Waals surface area contributed by atoms with Gasteiger partial charge in [-0.1, -0.05) is 50.2 Å². The van der Waals surface area contributed by atoms with E-state index in [1.54, 1.807) is 6.20 Å². The van der Waals surface area contributed by atoms with Gasteiger partial charge in [-0.15, -0.1) is 0 Å². The number of carbonyl (C=O) groups is 1. The molecule has 3 aromatic rings. The van der Waals surface area contributed by atoms with Gasteiger partial charge in [-0.05, 0) is 35.6 Å². The van der Waals surface area contributed by atoms with Gasteiger partial charge in [-0.25, -0.2) is 0 Å². The molecule has 128 valence electrons. The zero-order valence-electron chi connectivity index (χ0n) is 14.5. The van der Waals surface area contributed by atoms with Gasteiger partial charge in [0.15, 0.2) is 6.29 Å². The monoisotopic (exact) mass is 334 g/mol. The number of ether oxygens (including phenoxy) is 1. The maximum absolute atomic E-state index is 11.3. The zero-order chi connectivity index (χ0) is 17.6. The van der Waals surface area contributed by atoms with Gasteiger partial charge >= 0.3 is 0 Å². The molecular weight excluding hydrogens is 312 g/mol. The van der Waals surface area contributed by atoms with E-state index in [0.29, 0.717) is 23.8 Å². The molecule has 1 atom stereocenters. The smallest absolute Gasteiger partial charge is 0.153 e. The molecule has 0 aliphatic heterocycles. The van der Waals surface area contributed by atoms with Crippen LogP contribution >= 0.6 is 0 Å². The van der Waals surface area contributed by atoms with Crippen LogP contribution < -0.4 is 4.74 Å². The van der Waals surface area contributed by atoms with Crippen molar-refractivity contribution < 1.29 is 9.53 Å². The van der Waals surface area contributed by atoms with Crippen molar-refractivity contribution in [2.75, 3.05) is 0 Å².